The van der Waals surface area contributed by atoms with Crippen LogP contribution in [0.15, 0.2) is 35.7 Å². The Hall–Kier alpha value is -2.37. The highest BCUT2D eigenvalue weighted by molar-refractivity contribution is 14.0. The molecule has 1 aliphatic heterocycles. The zero-order valence-electron chi connectivity index (χ0n) is 18.8. The summed E-state index contributed by atoms with van der Waals surface area (Å²) in [4.78, 5) is 28.0. The molecule has 31 heavy (non-hydrogen) atoms. The van der Waals surface area contributed by atoms with Crippen molar-refractivity contribution in [2.45, 2.75) is 27.3 Å². The van der Waals surface area contributed by atoms with Gasteiger partial charge in [0.05, 0.1) is 18.4 Å². The van der Waals surface area contributed by atoms with Crippen molar-refractivity contribution in [2.75, 3.05) is 49.1 Å². The second-order valence-corrected chi connectivity index (χ2v) is 7.21. The van der Waals surface area contributed by atoms with Gasteiger partial charge in [0.1, 0.15) is 12.4 Å². The van der Waals surface area contributed by atoms with Crippen molar-refractivity contribution in [1.29, 1.82) is 0 Å². The second kappa shape index (κ2) is 11.9. The number of aromatic nitrogens is 3. The molecule has 1 fully saturated rings. The molecule has 3 heterocycles. The minimum Gasteiger partial charge on any atom is -0.357 e. The molecule has 0 saturated carbocycles. The summed E-state index contributed by atoms with van der Waals surface area (Å²) in [5, 5.41) is 7.47. The van der Waals surface area contributed by atoms with E-state index in [0.717, 1.165) is 42.7 Å². The predicted molar refractivity (Wildman–Crippen MR) is 135 cm³/mol. The van der Waals surface area contributed by atoms with E-state index in [1.54, 1.807) is 15.8 Å². The number of hydrogen-bond donors (Lipinski definition) is 1. The molecule has 170 valence electrons. The van der Waals surface area contributed by atoms with Crippen molar-refractivity contribution >= 4 is 47.3 Å². The Morgan fingerprint density at radius 3 is 2.52 bits per heavy atom. The topological polar surface area (TPSA) is 81.9 Å². The van der Waals surface area contributed by atoms with Gasteiger partial charge in [-0.15, -0.1) is 24.0 Å². The van der Waals surface area contributed by atoms with Crippen LogP contribution in [0.4, 0.5) is 11.5 Å². The summed E-state index contributed by atoms with van der Waals surface area (Å²) in [5.41, 5.74) is 1.88. The van der Waals surface area contributed by atoms with Crippen LogP contribution < -0.4 is 15.1 Å². The fraction of sp³-hybridized carbons (Fsp3) is 0.524. The minimum atomic E-state index is 0. The fourth-order valence-electron chi connectivity index (χ4n) is 3.51. The van der Waals surface area contributed by atoms with E-state index in [4.69, 9.17) is 4.99 Å². The van der Waals surface area contributed by atoms with E-state index < -0.39 is 0 Å². The average molecular weight is 540 g/mol. The molecular formula is C21H33IN8O. The number of anilines is 2. The maximum atomic E-state index is 12.7. The third-order valence-electron chi connectivity index (χ3n) is 5.17. The molecule has 3 rings (SSSR count). The molecule has 0 aromatic carbocycles. The first-order valence-corrected chi connectivity index (χ1v) is 10.6. The number of pyridine rings is 1. The predicted octanol–water partition coefficient (Wildman–Crippen LogP) is 2.09. The normalized spacial score (nSPS) is 14.5. The van der Waals surface area contributed by atoms with Gasteiger partial charge in [0.15, 0.2) is 5.96 Å². The maximum Gasteiger partial charge on any atom is 0.246 e. The number of carbonyl (C=O) groups is 1. The van der Waals surface area contributed by atoms with Gasteiger partial charge in [0.25, 0.3) is 0 Å². The highest BCUT2D eigenvalue weighted by Crippen LogP contribution is 2.16. The zero-order valence-corrected chi connectivity index (χ0v) is 21.1. The molecule has 10 heteroatoms. The molecule has 0 unspecified atom stereocenters. The van der Waals surface area contributed by atoms with E-state index in [-0.39, 0.29) is 29.9 Å². The van der Waals surface area contributed by atoms with Crippen molar-refractivity contribution in [3.63, 3.8) is 0 Å². The molecule has 1 N–H and O–H groups in total. The molecule has 2 aromatic heterocycles. The van der Waals surface area contributed by atoms with E-state index in [9.17, 15) is 4.79 Å². The van der Waals surface area contributed by atoms with Gasteiger partial charge in [-0.05, 0) is 32.4 Å². The maximum absolute atomic E-state index is 12.7. The van der Waals surface area contributed by atoms with Crippen LogP contribution in [-0.2, 0) is 18.4 Å². The number of halogens is 1. The summed E-state index contributed by atoms with van der Waals surface area (Å²) in [7, 11) is 1.85. The number of piperazine rings is 1. The molecule has 9 nitrogen and oxygen atoms in total. The highest BCUT2D eigenvalue weighted by Gasteiger charge is 2.27. The molecule has 1 aliphatic rings. The third-order valence-corrected chi connectivity index (χ3v) is 5.17. The Kier molecular flexibility index (Phi) is 9.53. The Bertz CT molecular complexity index is 863. The monoisotopic (exact) mass is 540 g/mol. The number of nitrogens with zero attached hydrogens (tertiary/aromatic N) is 7. The number of hydrogen-bond acceptors (Lipinski definition) is 5. The summed E-state index contributed by atoms with van der Waals surface area (Å²) in [6.07, 6.45) is 5.47. The summed E-state index contributed by atoms with van der Waals surface area (Å²) in [5.74, 6) is 1.78. The van der Waals surface area contributed by atoms with Gasteiger partial charge >= 0.3 is 0 Å². The van der Waals surface area contributed by atoms with Crippen LogP contribution in [0.25, 0.3) is 0 Å². The van der Waals surface area contributed by atoms with Crippen molar-refractivity contribution in [2.24, 2.45) is 12.0 Å². The van der Waals surface area contributed by atoms with Crippen LogP contribution in [0, 0.1) is 0 Å². The smallest absolute Gasteiger partial charge is 0.246 e. The van der Waals surface area contributed by atoms with Crippen molar-refractivity contribution in [3.8, 4) is 0 Å². The molecule has 1 amide bonds. The lowest BCUT2D eigenvalue weighted by Gasteiger charge is -2.35. The van der Waals surface area contributed by atoms with Gasteiger partial charge in [-0.2, -0.15) is 5.10 Å². The van der Waals surface area contributed by atoms with Gasteiger partial charge in [0, 0.05) is 52.2 Å². The first-order chi connectivity index (χ1) is 14.5. The third kappa shape index (κ3) is 6.31. The van der Waals surface area contributed by atoms with E-state index in [1.807, 2.05) is 37.3 Å². The Morgan fingerprint density at radius 2 is 1.97 bits per heavy atom. The minimum absolute atomic E-state index is 0. The van der Waals surface area contributed by atoms with Gasteiger partial charge in [-0.1, -0.05) is 6.07 Å². The van der Waals surface area contributed by atoms with Gasteiger partial charge in [0.2, 0.25) is 5.91 Å². The number of amides is 1. The quantitative estimate of drug-likeness (QED) is 0.329. The molecule has 0 atom stereocenters. The number of carbonyl (C=O) groups excluding carboxylic acids is 1. The van der Waals surface area contributed by atoms with Crippen LogP contribution in [0.2, 0.25) is 0 Å². The first-order valence-electron chi connectivity index (χ1n) is 10.6. The van der Waals surface area contributed by atoms with E-state index in [2.05, 4.69) is 40.2 Å². The van der Waals surface area contributed by atoms with E-state index in [1.165, 1.54) is 0 Å². The average Bonchev–Trinajstić information content (AvgIpc) is 3.18. The summed E-state index contributed by atoms with van der Waals surface area (Å²) in [6.45, 7) is 11.0. The molecule has 2 aromatic rings. The van der Waals surface area contributed by atoms with Crippen LogP contribution in [-0.4, -0.2) is 70.8 Å². The molecule has 0 spiro atoms. The molecule has 1 saturated heterocycles. The van der Waals surface area contributed by atoms with Gasteiger partial charge in [-0.3, -0.25) is 9.48 Å². The number of aliphatic imine (C=N–C) groups is 1. The number of guanidine groups is 1. The largest absolute Gasteiger partial charge is 0.357 e. The molecule has 0 aliphatic carbocycles. The first kappa shape index (κ1) is 24.9. The van der Waals surface area contributed by atoms with E-state index >= 15 is 0 Å². The SMILES string of the molecule is CCNC(=NCc1ccc(N(CC)CC)nc1)N1CCN(c2cnn(C)c2)C(=O)C1.I. The van der Waals surface area contributed by atoms with E-state index in [0.29, 0.717) is 26.2 Å². The van der Waals surface area contributed by atoms with Crippen LogP contribution >= 0.6 is 24.0 Å². The number of nitrogens with one attached hydrogen (secondary N) is 1. The Balaban J connectivity index is 0.00000341. The van der Waals surface area contributed by atoms with Crippen molar-refractivity contribution < 1.29 is 4.79 Å². The summed E-state index contributed by atoms with van der Waals surface area (Å²) in [6, 6.07) is 4.11. The molecule has 0 bridgehead atoms. The second-order valence-electron chi connectivity index (χ2n) is 7.21. The highest BCUT2D eigenvalue weighted by atomic mass is 127. The molecular weight excluding hydrogens is 507 g/mol. The number of aryl methyl sites for hydroxylation is 1. The lowest BCUT2D eigenvalue weighted by atomic mass is 10.2. The van der Waals surface area contributed by atoms with Crippen molar-refractivity contribution in [1.82, 2.24) is 25.0 Å². The van der Waals surface area contributed by atoms with Crippen LogP contribution in [0.3, 0.4) is 0 Å². The number of rotatable bonds is 7. The van der Waals surface area contributed by atoms with Crippen LogP contribution in [0.1, 0.15) is 26.3 Å². The lowest BCUT2D eigenvalue weighted by Crippen LogP contribution is -2.55. The summed E-state index contributed by atoms with van der Waals surface area (Å²) >= 11 is 0. The lowest BCUT2D eigenvalue weighted by molar-refractivity contribution is -0.120. The Morgan fingerprint density at radius 1 is 1.19 bits per heavy atom. The zero-order chi connectivity index (χ0) is 21.5. The fourth-order valence-corrected chi connectivity index (χ4v) is 3.51. The van der Waals surface area contributed by atoms with Crippen molar-refractivity contribution in [3.05, 3.63) is 36.3 Å². The summed E-state index contributed by atoms with van der Waals surface area (Å²) < 4.78 is 1.71. The van der Waals surface area contributed by atoms with Gasteiger partial charge in [-0.25, -0.2) is 9.98 Å². The standard InChI is InChI=1S/C21H32N8O.HI/c1-5-22-21(24-13-17-8-9-19(23-12-17)27(6-2)7-3)28-10-11-29(20(30)16-28)18-14-25-26(4)15-18;/h8-9,12,14-15H,5-7,10-11,13,16H2,1-4H3,(H,22,24);1H. The Labute approximate surface area is 201 Å². The van der Waals surface area contributed by atoms with Gasteiger partial charge < -0.3 is 20.0 Å². The van der Waals surface area contributed by atoms with Crippen LogP contribution in [0.5, 0.6) is 0 Å². The molecule has 0 radical (unpaired) electrons.